The number of hydrogen-bond acceptors (Lipinski definition) is 3. The van der Waals surface area contributed by atoms with Crippen molar-refractivity contribution in [2.45, 2.75) is 6.92 Å². The maximum atomic E-state index is 5.18. The molecule has 24 heavy (non-hydrogen) atoms. The van der Waals surface area contributed by atoms with Crippen molar-refractivity contribution in [3.63, 3.8) is 0 Å². The number of nitrogens with zero attached hydrogens (tertiary/aromatic N) is 2. The van der Waals surface area contributed by atoms with Crippen molar-refractivity contribution in [2.24, 2.45) is 4.99 Å². The van der Waals surface area contributed by atoms with Gasteiger partial charge in [-0.3, -0.25) is 0 Å². The molecule has 0 unspecified atom stereocenters. The van der Waals surface area contributed by atoms with Crippen LogP contribution in [0.5, 0.6) is 0 Å². The van der Waals surface area contributed by atoms with Gasteiger partial charge in [0.05, 0.1) is 5.69 Å². The van der Waals surface area contributed by atoms with Gasteiger partial charge in [-0.25, -0.2) is 4.99 Å². The summed E-state index contributed by atoms with van der Waals surface area (Å²) in [7, 11) is 0. The summed E-state index contributed by atoms with van der Waals surface area (Å²) in [5.74, 6) is 0.526. The maximum Gasteiger partial charge on any atom is 0.250 e. The Hall–Kier alpha value is -3.20. The lowest BCUT2D eigenvalue weighted by Gasteiger charge is -2.12. The minimum Gasteiger partial charge on any atom is -0.336 e. The van der Waals surface area contributed by atoms with Gasteiger partial charge < -0.3 is 4.52 Å². The molecule has 0 bridgehead atoms. The van der Waals surface area contributed by atoms with Crippen molar-refractivity contribution in [1.82, 2.24) is 5.16 Å². The van der Waals surface area contributed by atoms with Crippen LogP contribution in [0, 0.1) is 6.92 Å². The Labute approximate surface area is 138 Å². The third-order valence-corrected chi connectivity index (χ3v) is 4.49. The topological polar surface area (TPSA) is 38.4 Å². The van der Waals surface area contributed by atoms with Gasteiger partial charge in [0.2, 0.25) is 0 Å². The van der Waals surface area contributed by atoms with Crippen LogP contribution in [0.4, 0.5) is 5.88 Å². The summed E-state index contributed by atoms with van der Waals surface area (Å²) in [6.07, 6.45) is 1.86. The van der Waals surface area contributed by atoms with Crippen molar-refractivity contribution in [3.8, 4) is 0 Å². The summed E-state index contributed by atoms with van der Waals surface area (Å²) in [5, 5.41) is 11.4. The predicted molar refractivity (Wildman–Crippen MR) is 98.6 cm³/mol. The molecule has 0 N–H and O–H groups in total. The quantitative estimate of drug-likeness (QED) is 0.313. The smallest absolute Gasteiger partial charge is 0.250 e. The van der Waals surface area contributed by atoms with Crippen LogP contribution in [0.2, 0.25) is 0 Å². The summed E-state index contributed by atoms with van der Waals surface area (Å²) in [4.78, 5) is 4.45. The summed E-state index contributed by atoms with van der Waals surface area (Å²) in [6, 6.07) is 21.2. The first-order valence-corrected chi connectivity index (χ1v) is 7.93. The molecule has 4 aromatic carbocycles. The van der Waals surface area contributed by atoms with Gasteiger partial charge in [-0.1, -0.05) is 53.7 Å². The first kappa shape index (κ1) is 13.3. The number of aromatic nitrogens is 1. The Morgan fingerprint density at radius 1 is 0.875 bits per heavy atom. The Bertz CT molecular complexity index is 1220. The van der Waals surface area contributed by atoms with Crippen LogP contribution in [0.15, 0.2) is 70.2 Å². The molecule has 0 spiro atoms. The molecular formula is C21H14N2O. The molecule has 0 aliphatic carbocycles. The van der Waals surface area contributed by atoms with E-state index in [1.165, 1.54) is 32.3 Å². The number of benzene rings is 4. The molecule has 1 aromatic heterocycles. The second-order valence-corrected chi connectivity index (χ2v) is 6.08. The zero-order valence-electron chi connectivity index (χ0n) is 13.2. The molecule has 0 atom stereocenters. The van der Waals surface area contributed by atoms with Gasteiger partial charge >= 0.3 is 0 Å². The lowest BCUT2D eigenvalue weighted by atomic mass is 9.92. The molecule has 3 heteroatoms. The standard InChI is InChI=1S/C21H14N2O/c1-13-10-19(24-23-13)22-12-17-11-16-6-2-4-14-8-9-15-5-3-7-18(17)21(15)20(14)16/h2-12H,1H3. The van der Waals surface area contributed by atoms with E-state index in [-0.39, 0.29) is 0 Å². The van der Waals surface area contributed by atoms with E-state index in [9.17, 15) is 0 Å². The monoisotopic (exact) mass is 310 g/mol. The van der Waals surface area contributed by atoms with E-state index in [0.717, 1.165) is 11.3 Å². The van der Waals surface area contributed by atoms with Crippen LogP contribution in [0.1, 0.15) is 11.3 Å². The van der Waals surface area contributed by atoms with Crippen molar-refractivity contribution in [2.75, 3.05) is 0 Å². The van der Waals surface area contributed by atoms with E-state index >= 15 is 0 Å². The first-order chi connectivity index (χ1) is 11.8. The summed E-state index contributed by atoms with van der Waals surface area (Å²) < 4.78 is 5.18. The van der Waals surface area contributed by atoms with Gasteiger partial charge in [-0.2, -0.15) is 0 Å². The highest BCUT2D eigenvalue weighted by molar-refractivity contribution is 6.26. The van der Waals surface area contributed by atoms with Crippen molar-refractivity contribution < 1.29 is 4.52 Å². The van der Waals surface area contributed by atoms with Crippen molar-refractivity contribution in [3.05, 3.63) is 71.9 Å². The third-order valence-electron chi connectivity index (χ3n) is 4.49. The minimum atomic E-state index is 0.526. The van der Waals surface area contributed by atoms with Crippen LogP contribution in [-0.2, 0) is 0 Å². The summed E-state index contributed by atoms with van der Waals surface area (Å²) >= 11 is 0. The van der Waals surface area contributed by atoms with Gasteiger partial charge in [-0.05, 0) is 45.3 Å². The summed E-state index contributed by atoms with van der Waals surface area (Å²) in [5.41, 5.74) is 1.91. The van der Waals surface area contributed by atoms with Crippen LogP contribution >= 0.6 is 0 Å². The minimum absolute atomic E-state index is 0.526. The Kier molecular flexibility index (Phi) is 2.71. The molecule has 114 valence electrons. The van der Waals surface area contributed by atoms with Crippen LogP contribution in [0.25, 0.3) is 32.3 Å². The van der Waals surface area contributed by atoms with E-state index in [1.807, 2.05) is 19.2 Å². The molecule has 0 radical (unpaired) electrons. The van der Waals surface area contributed by atoms with Crippen molar-refractivity contribution >= 4 is 44.4 Å². The molecule has 5 rings (SSSR count). The summed E-state index contributed by atoms with van der Waals surface area (Å²) in [6.45, 7) is 1.89. The average molecular weight is 310 g/mol. The highest BCUT2D eigenvalue weighted by Crippen LogP contribution is 2.36. The van der Waals surface area contributed by atoms with Crippen LogP contribution in [-0.4, -0.2) is 11.4 Å². The fourth-order valence-corrected chi connectivity index (χ4v) is 3.44. The van der Waals surface area contributed by atoms with Crippen molar-refractivity contribution in [1.29, 1.82) is 0 Å². The van der Waals surface area contributed by atoms with E-state index in [0.29, 0.717) is 5.88 Å². The van der Waals surface area contributed by atoms with Gasteiger partial charge in [0.1, 0.15) is 0 Å². The van der Waals surface area contributed by atoms with Gasteiger partial charge in [0.15, 0.2) is 0 Å². The number of rotatable bonds is 2. The highest BCUT2D eigenvalue weighted by Gasteiger charge is 2.10. The normalized spacial score (nSPS) is 12.2. The van der Waals surface area contributed by atoms with Gasteiger partial charge in [-0.15, -0.1) is 0 Å². The third kappa shape index (κ3) is 1.91. The van der Waals surface area contributed by atoms with E-state index in [4.69, 9.17) is 4.52 Å². The molecule has 1 heterocycles. The molecule has 0 aliphatic rings. The number of aryl methyl sites for hydroxylation is 1. The lowest BCUT2D eigenvalue weighted by molar-refractivity contribution is 0.425. The lowest BCUT2D eigenvalue weighted by Crippen LogP contribution is -1.89. The largest absolute Gasteiger partial charge is 0.336 e. The van der Waals surface area contributed by atoms with E-state index in [2.05, 4.69) is 64.7 Å². The molecule has 0 saturated carbocycles. The van der Waals surface area contributed by atoms with Crippen LogP contribution < -0.4 is 0 Å². The predicted octanol–water partition coefficient (Wildman–Crippen LogP) is 5.63. The van der Waals surface area contributed by atoms with Gasteiger partial charge in [0, 0.05) is 17.8 Å². The number of aliphatic imine (C=N–C) groups is 1. The highest BCUT2D eigenvalue weighted by atomic mass is 16.5. The zero-order valence-corrected chi connectivity index (χ0v) is 13.2. The first-order valence-electron chi connectivity index (χ1n) is 7.93. The fourth-order valence-electron chi connectivity index (χ4n) is 3.44. The number of hydrogen-bond donors (Lipinski definition) is 0. The van der Waals surface area contributed by atoms with E-state index < -0.39 is 0 Å². The molecule has 0 saturated heterocycles. The second kappa shape index (κ2) is 4.90. The Morgan fingerprint density at radius 2 is 1.62 bits per heavy atom. The fraction of sp³-hybridized carbons (Fsp3) is 0.0476. The maximum absolute atomic E-state index is 5.18. The second-order valence-electron chi connectivity index (χ2n) is 6.08. The molecule has 0 fully saturated rings. The molecule has 0 amide bonds. The van der Waals surface area contributed by atoms with Gasteiger partial charge in [0.25, 0.3) is 5.88 Å². The zero-order chi connectivity index (χ0) is 16.1. The molecule has 5 aromatic rings. The molecular weight excluding hydrogens is 296 g/mol. The average Bonchev–Trinajstić information content (AvgIpc) is 3.03. The molecule has 3 nitrogen and oxygen atoms in total. The Morgan fingerprint density at radius 3 is 2.42 bits per heavy atom. The van der Waals surface area contributed by atoms with E-state index in [1.54, 1.807) is 0 Å². The Balaban J connectivity index is 1.83. The molecule has 0 aliphatic heterocycles. The SMILES string of the molecule is Cc1cc(N=Cc2cc3cccc4ccc5cccc2c5c43)on1. The van der Waals surface area contributed by atoms with Crippen LogP contribution in [0.3, 0.4) is 0 Å².